The fourth-order valence-corrected chi connectivity index (χ4v) is 2.58. The highest BCUT2D eigenvalue weighted by molar-refractivity contribution is 7.99. The molecule has 3 amide bonds. The fourth-order valence-electron chi connectivity index (χ4n) is 2.08. The van der Waals surface area contributed by atoms with E-state index in [0.717, 1.165) is 5.56 Å². The molecule has 4 N–H and O–H groups in total. The molecule has 7 nitrogen and oxygen atoms in total. The Kier molecular flexibility index (Phi) is 7.76. The van der Waals surface area contributed by atoms with Crippen LogP contribution in [-0.2, 0) is 16.1 Å². The minimum Gasteiger partial charge on any atom is -0.452 e. The molecule has 0 aromatic heterocycles. The van der Waals surface area contributed by atoms with Gasteiger partial charge in [0, 0.05) is 17.1 Å². The normalized spacial score (nSPS) is 10.4. The molecule has 148 valence electrons. The number of nitrogens with one attached hydrogen (secondary N) is 2. The number of nitrogens with two attached hydrogens (primary N) is 1. The summed E-state index contributed by atoms with van der Waals surface area (Å²) in [4.78, 5) is 34.8. The van der Waals surface area contributed by atoms with Crippen molar-refractivity contribution in [2.24, 2.45) is 5.73 Å². The molecule has 0 spiro atoms. The molecule has 0 aliphatic rings. The number of hydrogen-bond donors (Lipinski definition) is 3. The predicted molar refractivity (Wildman–Crippen MR) is 100 cm³/mol. The van der Waals surface area contributed by atoms with Crippen molar-refractivity contribution in [2.75, 3.05) is 11.9 Å². The van der Waals surface area contributed by atoms with E-state index in [2.05, 4.69) is 10.6 Å². The zero-order valence-electron chi connectivity index (χ0n) is 14.5. The van der Waals surface area contributed by atoms with Crippen LogP contribution < -0.4 is 16.4 Å². The minimum atomic E-state index is -2.52. The van der Waals surface area contributed by atoms with Crippen molar-refractivity contribution in [1.82, 2.24) is 5.32 Å². The number of carbonyl (C=O) groups excluding carboxylic acids is 3. The van der Waals surface area contributed by atoms with E-state index in [-0.39, 0.29) is 12.1 Å². The summed E-state index contributed by atoms with van der Waals surface area (Å²) in [6, 6.07) is 11.4. The molecule has 2 aromatic carbocycles. The first kappa shape index (κ1) is 21.2. The number of halogens is 2. The highest BCUT2D eigenvalue weighted by Crippen LogP contribution is 2.26. The Morgan fingerprint density at radius 3 is 2.25 bits per heavy atom. The number of benzene rings is 2. The van der Waals surface area contributed by atoms with Gasteiger partial charge in [-0.1, -0.05) is 23.9 Å². The van der Waals surface area contributed by atoms with E-state index in [1.165, 1.54) is 36.4 Å². The Bertz CT molecular complexity index is 830. The lowest BCUT2D eigenvalue weighted by atomic mass is 10.1. The van der Waals surface area contributed by atoms with Crippen molar-refractivity contribution in [3.63, 3.8) is 0 Å². The molecule has 0 radical (unpaired) electrons. The van der Waals surface area contributed by atoms with Gasteiger partial charge in [-0.25, -0.2) is 9.59 Å². The second-order valence-electron chi connectivity index (χ2n) is 5.44. The SMILES string of the molecule is NC(=O)NCc1ccc(C(=O)OCC(=O)Nc2ccc(SC(F)F)cc2)cc1. The van der Waals surface area contributed by atoms with Gasteiger partial charge in [0.15, 0.2) is 6.61 Å². The van der Waals surface area contributed by atoms with Crippen LogP contribution in [0.4, 0.5) is 19.3 Å². The van der Waals surface area contributed by atoms with Gasteiger partial charge >= 0.3 is 12.0 Å². The quantitative estimate of drug-likeness (QED) is 0.459. The third-order valence-corrected chi connectivity index (χ3v) is 4.08. The summed E-state index contributed by atoms with van der Waals surface area (Å²) in [6.45, 7) is -0.279. The summed E-state index contributed by atoms with van der Waals surface area (Å²) in [6.07, 6.45) is 0. The van der Waals surface area contributed by atoms with Gasteiger partial charge in [-0.15, -0.1) is 0 Å². The molecule has 2 aromatic rings. The van der Waals surface area contributed by atoms with Crippen LogP contribution in [0, 0.1) is 0 Å². The number of thioether (sulfide) groups is 1. The van der Waals surface area contributed by atoms with Crippen LogP contribution >= 0.6 is 11.8 Å². The Balaban J connectivity index is 1.80. The summed E-state index contributed by atoms with van der Waals surface area (Å²) in [5, 5.41) is 4.92. The van der Waals surface area contributed by atoms with Gasteiger partial charge in [0.25, 0.3) is 11.7 Å². The van der Waals surface area contributed by atoms with Crippen LogP contribution in [0.1, 0.15) is 15.9 Å². The van der Waals surface area contributed by atoms with Crippen molar-refractivity contribution in [1.29, 1.82) is 0 Å². The lowest BCUT2D eigenvalue weighted by molar-refractivity contribution is -0.119. The number of alkyl halides is 2. The van der Waals surface area contributed by atoms with Gasteiger partial charge in [0.05, 0.1) is 5.56 Å². The number of carbonyl (C=O) groups is 3. The Labute approximate surface area is 163 Å². The number of ether oxygens (including phenoxy) is 1. The predicted octanol–water partition coefficient (Wildman–Crippen LogP) is 2.97. The van der Waals surface area contributed by atoms with Crippen LogP contribution in [0.15, 0.2) is 53.4 Å². The van der Waals surface area contributed by atoms with Gasteiger partial charge in [0.1, 0.15) is 0 Å². The molecule has 0 saturated heterocycles. The van der Waals surface area contributed by atoms with Gasteiger partial charge in [-0.05, 0) is 42.0 Å². The van der Waals surface area contributed by atoms with Crippen molar-refractivity contribution in [3.05, 3.63) is 59.7 Å². The molecule has 2 rings (SSSR count). The Hall–Kier alpha value is -3.14. The molecule has 0 saturated carbocycles. The molecule has 0 unspecified atom stereocenters. The van der Waals surface area contributed by atoms with E-state index in [0.29, 0.717) is 22.3 Å². The highest BCUT2D eigenvalue weighted by atomic mass is 32.2. The molecule has 0 bridgehead atoms. The second kappa shape index (κ2) is 10.3. The van der Waals surface area contributed by atoms with Crippen LogP contribution in [-0.4, -0.2) is 30.3 Å². The first-order valence-electron chi connectivity index (χ1n) is 7.97. The topological polar surface area (TPSA) is 111 Å². The van der Waals surface area contributed by atoms with Crippen molar-refractivity contribution in [3.8, 4) is 0 Å². The van der Waals surface area contributed by atoms with Crippen molar-refractivity contribution < 1.29 is 27.9 Å². The number of primary amides is 1. The summed E-state index contributed by atoms with van der Waals surface area (Å²) >= 11 is 0.401. The van der Waals surface area contributed by atoms with Crippen molar-refractivity contribution >= 4 is 35.4 Å². The van der Waals surface area contributed by atoms with Crippen LogP contribution in [0.2, 0.25) is 0 Å². The molecular formula is C18H17F2N3O4S. The van der Waals surface area contributed by atoms with Crippen LogP contribution in [0.5, 0.6) is 0 Å². The first-order valence-corrected chi connectivity index (χ1v) is 8.85. The maximum atomic E-state index is 12.3. The lowest BCUT2D eigenvalue weighted by Gasteiger charge is -2.08. The Morgan fingerprint density at radius 2 is 1.68 bits per heavy atom. The summed E-state index contributed by atoms with van der Waals surface area (Å²) < 4.78 is 29.5. The van der Waals surface area contributed by atoms with E-state index in [4.69, 9.17) is 10.5 Å². The zero-order valence-corrected chi connectivity index (χ0v) is 15.3. The number of esters is 1. The third kappa shape index (κ3) is 7.23. The average Bonchev–Trinajstić information content (AvgIpc) is 2.66. The molecule has 0 fully saturated rings. The van der Waals surface area contributed by atoms with E-state index < -0.39 is 30.3 Å². The molecule has 0 heterocycles. The molecule has 28 heavy (non-hydrogen) atoms. The first-order chi connectivity index (χ1) is 13.3. The van der Waals surface area contributed by atoms with Gasteiger partial charge in [0.2, 0.25) is 0 Å². The van der Waals surface area contributed by atoms with Crippen molar-refractivity contribution in [2.45, 2.75) is 17.2 Å². The summed E-state index contributed by atoms with van der Waals surface area (Å²) in [5.41, 5.74) is 6.35. The average molecular weight is 409 g/mol. The van der Waals surface area contributed by atoms with Gasteiger partial charge in [-0.3, -0.25) is 4.79 Å². The number of rotatable bonds is 8. The van der Waals surface area contributed by atoms with E-state index in [1.807, 2.05) is 0 Å². The molecule has 10 heteroatoms. The maximum Gasteiger partial charge on any atom is 0.338 e. The number of anilines is 1. The van der Waals surface area contributed by atoms with Crippen LogP contribution in [0.3, 0.4) is 0 Å². The van der Waals surface area contributed by atoms with E-state index >= 15 is 0 Å². The zero-order chi connectivity index (χ0) is 20.5. The van der Waals surface area contributed by atoms with Gasteiger partial charge in [-0.2, -0.15) is 8.78 Å². The number of urea groups is 1. The molecule has 0 aliphatic carbocycles. The Morgan fingerprint density at radius 1 is 1.04 bits per heavy atom. The standard InChI is InChI=1S/C18H17F2N3O4S/c19-17(20)28-14-7-5-13(6-8-14)23-15(24)10-27-16(25)12-3-1-11(2-4-12)9-22-18(21)26/h1-8,17H,9-10H2,(H,23,24)(H3,21,22,26). The summed E-state index contributed by atoms with van der Waals surface area (Å²) in [7, 11) is 0. The lowest BCUT2D eigenvalue weighted by Crippen LogP contribution is -2.28. The van der Waals surface area contributed by atoms with E-state index in [1.54, 1.807) is 12.1 Å². The monoisotopic (exact) mass is 409 g/mol. The highest BCUT2D eigenvalue weighted by Gasteiger charge is 2.11. The van der Waals surface area contributed by atoms with Crippen LogP contribution in [0.25, 0.3) is 0 Å². The van der Waals surface area contributed by atoms with Gasteiger partial charge < -0.3 is 21.1 Å². The number of hydrogen-bond acceptors (Lipinski definition) is 5. The van der Waals surface area contributed by atoms with E-state index in [9.17, 15) is 23.2 Å². The minimum absolute atomic E-state index is 0.224. The molecule has 0 atom stereocenters. The smallest absolute Gasteiger partial charge is 0.338 e. The number of amides is 3. The fraction of sp³-hybridized carbons (Fsp3) is 0.167. The second-order valence-corrected chi connectivity index (χ2v) is 6.51. The largest absolute Gasteiger partial charge is 0.452 e. The molecular weight excluding hydrogens is 392 g/mol. The summed E-state index contributed by atoms with van der Waals surface area (Å²) in [5.74, 6) is -3.77. The third-order valence-electron chi connectivity index (χ3n) is 3.35. The maximum absolute atomic E-state index is 12.3. The molecule has 0 aliphatic heterocycles.